The number of thiophene rings is 1. The van der Waals surface area contributed by atoms with E-state index < -0.39 is 0 Å². The maximum Gasteiger partial charge on any atom is 0.120 e. The fourth-order valence-corrected chi connectivity index (χ4v) is 5.78. The van der Waals surface area contributed by atoms with Gasteiger partial charge < -0.3 is 9.84 Å². The molecule has 2 aliphatic rings. The average Bonchev–Trinajstić information content (AvgIpc) is 2.96. The third-order valence-electron chi connectivity index (χ3n) is 5.55. The van der Waals surface area contributed by atoms with Crippen LogP contribution in [0.2, 0.25) is 0 Å². The second-order valence-corrected chi connectivity index (χ2v) is 7.54. The van der Waals surface area contributed by atoms with Crippen LogP contribution in [0, 0.1) is 5.41 Å². The molecule has 1 fully saturated rings. The molecule has 1 aromatic carbocycles. The largest absolute Gasteiger partial charge is 0.497 e. The van der Waals surface area contributed by atoms with Crippen molar-refractivity contribution in [1.82, 2.24) is 0 Å². The Kier molecular flexibility index (Phi) is 2.67. The summed E-state index contributed by atoms with van der Waals surface area (Å²) in [5, 5.41) is 11.7. The highest BCUT2D eigenvalue weighted by Crippen LogP contribution is 2.58. The minimum absolute atomic E-state index is 0.0952. The molecule has 0 saturated heterocycles. The van der Waals surface area contributed by atoms with Gasteiger partial charge in [-0.15, -0.1) is 11.3 Å². The van der Waals surface area contributed by atoms with Gasteiger partial charge in [0.25, 0.3) is 0 Å². The van der Waals surface area contributed by atoms with Crippen molar-refractivity contribution in [3.8, 4) is 5.75 Å². The van der Waals surface area contributed by atoms with Crippen LogP contribution in [0.25, 0.3) is 10.1 Å². The van der Waals surface area contributed by atoms with Crippen molar-refractivity contribution in [2.45, 2.75) is 44.6 Å². The molecule has 2 aromatic rings. The lowest BCUT2D eigenvalue weighted by Crippen LogP contribution is -2.34. The van der Waals surface area contributed by atoms with Gasteiger partial charge in [0.1, 0.15) is 5.75 Å². The first-order valence-electron chi connectivity index (χ1n) is 7.41. The third kappa shape index (κ3) is 1.54. The first kappa shape index (κ1) is 12.7. The number of aryl methyl sites for hydroxylation is 1. The van der Waals surface area contributed by atoms with E-state index in [4.69, 9.17) is 4.74 Å². The highest BCUT2D eigenvalue weighted by molar-refractivity contribution is 7.19. The van der Waals surface area contributed by atoms with Crippen molar-refractivity contribution < 1.29 is 9.84 Å². The molecule has 0 bridgehead atoms. The predicted molar refractivity (Wildman–Crippen MR) is 82.8 cm³/mol. The molecule has 2 nitrogen and oxygen atoms in total. The Bertz CT molecular complexity index is 675. The first-order chi connectivity index (χ1) is 9.63. The van der Waals surface area contributed by atoms with Gasteiger partial charge in [0.05, 0.1) is 13.2 Å². The van der Waals surface area contributed by atoms with Crippen LogP contribution in [-0.4, -0.2) is 18.3 Å². The van der Waals surface area contributed by atoms with Crippen molar-refractivity contribution in [2.24, 2.45) is 5.41 Å². The van der Waals surface area contributed by atoms with Gasteiger partial charge in [-0.3, -0.25) is 0 Å². The van der Waals surface area contributed by atoms with E-state index in [2.05, 4.69) is 25.1 Å². The van der Waals surface area contributed by atoms with Crippen LogP contribution in [0.4, 0.5) is 0 Å². The highest BCUT2D eigenvalue weighted by Gasteiger charge is 2.49. The van der Waals surface area contributed by atoms with Crippen molar-refractivity contribution in [1.29, 1.82) is 0 Å². The topological polar surface area (TPSA) is 29.5 Å². The summed E-state index contributed by atoms with van der Waals surface area (Å²) >= 11 is 1.92. The number of methoxy groups -OCH3 is 1. The average molecular weight is 288 g/mol. The number of hydrogen-bond donors (Lipinski definition) is 1. The number of aliphatic hydroxyl groups excluding tert-OH is 1. The van der Waals surface area contributed by atoms with Crippen LogP contribution >= 0.6 is 11.3 Å². The molecular weight excluding hydrogens is 268 g/mol. The molecule has 1 saturated carbocycles. The molecule has 4 rings (SSSR count). The van der Waals surface area contributed by atoms with Gasteiger partial charge in [-0.1, -0.05) is 6.92 Å². The molecule has 0 amide bonds. The molecule has 2 unspecified atom stereocenters. The number of hydrogen-bond acceptors (Lipinski definition) is 3. The minimum atomic E-state index is -0.125. The monoisotopic (exact) mass is 288 g/mol. The molecule has 0 aliphatic heterocycles. The van der Waals surface area contributed by atoms with Crippen molar-refractivity contribution in [3.63, 3.8) is 0 Å². The highest BCUT2D eigenvalue weighted by atomic mass is 32.1. The SMILES string of the molecule is COc1ccc2c3c(sc2c1)C1CCC(O)[C@]1(C)CC3. The number of aliphatic hydroxyl groups is 1. The van der Waals surface area contributed by atoms with E-state index in [1.807, 2.05) is 11.3 Å². The number of benzene rings is 1. The maximum atomic E-state index is 10.4. The lowest BCUT2D eigenvalue weighted by Gasteiger charge is -2.38. The van der Waals surface area contributed by atoms with Crippen molar-refractivity contribution in [2.75, 3.05) is 7.11 Å². The summed E-state index contributed by atoms with van der Waals surface area (Å²) in [5.74, 6) is 1.48. The Morgan fingerprint density at radius 3 is 3.00 bits per heavy atom. The smallest absolute Gasteiger partial charge is 0.120 e. The summed E-state index contributed by atoms with van der Waals surface area (Å²) in [4.78, 5) is 1.53. The Balaban J connectivity index is 1.89. The zero-order valence-electron chi connectivity index (χ0n) is 12.0. The molecule has 1 heterocycles. The third-order valence-corrected chi connectivity index (χ3v) is 6.86. The van der Waals surface area contributed by atoms with Gasteiger partial charge in [0, 0.05) is 20.9 Å². The van der Waals surface area contributed by atoms with E-state index in [0.717, 1.165) is 31.4 Å². The number of ether oxygens (including phenoxy) is 1. The van der Waals surface area contributed by atoms with E-state index in [-0.39, 0.29) is 11.5 Å². The number of rotatable bonds is 1. The fraction of sp³-hybridized carbons (Fsp3) is 0.529. The second-order valence-electron chi connectivity index (χ2n) is 6.46. The zero-order chi connectivity index (χ0) is 13.9. The maximum absolute atomic E-state index is 10.4. The van der Waals surface area contributed by atoms with Crippen LogP contribution in [0.1, 0.15) is 42.5 Å². The van der Waals surface area contributed by atoms with E-state index in [1.54, 1.807) is 7.11 Å². The van der Waals surface area contributed by atoms with Gasteiger partial charge in [0.15, 0.2) is 0 Å². The molecule has 106 valence electrons. The van der Waals surface area contributed by atoms with Gasteiger partial charge in [-0.25, -0.2) is 0 Å². The molecule has 1 aromatic heterocycles. The van der Waals surface area contributed by atoms with Crippen LogP contribution in [0.15, 0.2) is 18.2 Å². The summed E-state index contributed by atoms with van der Waals surface area (Å²) < 4.78 is 6.68. The molecule has 0 spiro atoms. The van der Waals surface area contributed by atoms with E-state index in [0.29, 0.717) is 5.92 Å². The molecule has 3 atom stereocenters. The van der Waals surface area contributed by atoms with E-state index in [9.17, 15) is 5.11 Å². The lowest BCUT2D eigenvalue weighted by atomic mass is 9.69. The van der Waals surface area contributed by atoms with Crippen molar-refractivity contribution >= 4 is 21.4 Å². The van der Waals surface area contributed by atoms with Crippen LogP contribution in [0.5, 0.6) is 5.75 Å². The van der Waals surface area contributed by atoms with Crippen LogP contribution in [0.3, 0.4) is 0 Å². The van der Waals surface area contributed by atoms with E-state index in [1.165, 1.54) is 20.5 Å². The first-order valence-corrected chi connectivity index (χ1v) is 8.22. The van der Waals surface area contributed by atoms with Crippen LogP contribution in [-0.2, 0) is 6.42 Å². The standard InChI is InChI=1S/C17H20O2S/c1-17-8-7-12-11-4-3-10(19-2)9-14(11)20-16(12)13(17)5-6-15(17)18/h3-4,9,13,15,18H,5-8H2,1-2H3/t13?,15?,17-/m1/s1. The van der Waals surface area contributed by atoms with Gasteiger partial charge in [-0.2, -0.15) is 0 Å². The minimum Gasteiger partial charge on any atom is -0.497 e. The Morgan fingerprint density at radius 1 is 1.35 bits per heavy atom. The Hall–Kier alpha value is -1.06. The molecular formula is C17H20O2S. The molecule has 3 heteroatoms. The summed E-state index contributed by atoms with van der Waals surface area (Å²) in [6, 6.07) is 6.42. The van der Waals surface area contributed by atoms with Crippen LogP contribution < -0.4 is 4.74 Å². The Morgan fingerprint density at radius 2 is 2.20 bits per heavy atom. The zero-order valence-corrected chi connectivity index (χ0v) is 12.8. The van der Waals surface area contributed by atoms with Crippen molar-refractivity contribution in [3.05, 3.63) is 28.6 Å². The fourth-order valence-electron chi connectivity index (χ4n) is 4.20. The Labute approximate surface area is 123 Å². The molecule has 1 N–H and O–H groups in total. The van der Waals surface area contributed by atoms with Gasteiger partial charge in [0.2, 0.25) is 0 Å². The number of fused-ring (bicyclic) bond motifs is 5. The summed E-state index contributed by atoms with van der Waals surface area (Å²) in [6.45, 7) is 2.28. The van der Waals surface area contributed by atoms with E-state index >= 15 is 0 Å². The summed E-state index contributed by atoms with van der Waals surface area (Å²) in [5.41, 5.74) is 1.63. The summed E-state index contributed by atoms with van der Waals surface area (Å²) in [6.07, 6.45) is 4.18. The molecule has 2 aliphatic carbocycles. The molecule has 20 heavy (non-hydrogen) atoms. The normalized spacial score (nSPS) is 32.1. The van der Waals surface area contributed by atoms with Gasteiger partial charge in [-0.05, 0) is 54.8 Å². The second kappa shape index (κ2) is 4.22. The predicted octanol–water partition coefficient (Wildman–Crippen LogP) is 4.10. The molecule has 0 radical (unpaired) electrons. The quantitative estimate of drug-likeness (QED) is 0.856. The van der Waals surface area contributed by atoms with Gasteiger partial charge >= 0.3 is 0 Å². The summed E-state index contributed by atoms with van der Waals surface area (Å²) in [7, 11) is 1.72. The lowest BCUT2D eigenvalue weighted by molar-refractivity contribution is 0.0467.